The number of rotatable bonds is 0. The third-order valence-corrected chi connectivity index (χ3v) is 1.22. The number of nitrogens with one attached hydrogen (secondary N) is 1. The molecule has 0 saturated heterocycles. The fourth-order valence-corrected chi connectivity index (χ4v) is 0.786. The number of aromatic amines is 1. The monoisotopic (exact) mass is 251 g/mol. The van der Waals surface area contributed by atoms with Crippen molar-refractivity contribution in [3.8, 4) is 0 Å². The lowest BCUT2D eigenvalue weighted by Crippen LogP contribution is -1.93. The van der Waals surface area contributed by atoms with Crippen LogP contribution in [-0.4, -0.2) is 15.4 Å². The minimum atomic E-state index is 0.500. The van der Waals surface area contributed by atoms with Crippen LogP contribution in [0.5, 0.6) is 0 Å². The molecule has 0 bridgehead atoms. The van der Waals surface area contributed by atoms with Gasteiger partial charge in [0, 0.05) is 0 Å². The Morgan fingerprint density at radius 1 is 0.778 bits per heavy atom. The normalized spacial score (nSPS) is 9.11. The Bertz CT molecular complexity index is 350. The van der Waals surface area contributed by atoms with Gasteiger partial charge in [-0.25, -0.2) is 0 Å². The van der Waals surface area contributed by atoms with Crippen LogP contribution in [0.15, 0.2) is 24.3 Å². The van der Waals surface area contributed by atoms with Crippen LogP contribution >= 0.6 is 0 Å². The van der Waals surface area contributed by atoms with E-state index in [-0.39, 0.29) is 0 Å². The van der Waals surface area contributed by atoms with Crippen molar-refractivity contribution >= 4 is 11.0 Å². The molecule has 0 amide bonds. The van der Waals surface area contributed by atoms with E-state index in [1.165, 1.54) is 0 Å². The maximum absolute atomic E-state index is 3.88. The summed E-state index contributed by atoms with van der Waals surface area (Å²) in [6.45, 7) is 16.8. The number of fused-ring (bicyclic) bond motifs is 1. The van der Waals surface area contributed by atoms with Gasteiger partial charge in [-0.15, -0.1) is 0 Å². The number of para-hydroxylation sites is 2. The first kappa shape index (κ1) is 19.0. The molecule has 0 saturated carbocycles. The van der Waals surface area contributed by atoms with Crippen molar-refractivity contribution in [3.63, 3.8) is 0 Å². The van der Waals surface area contributed by atoms with E-state index in [0.717, 1.165) is 11.0 Å². The van der Waals surface area contributed by atoms with E-state index in [0.29, 0.717) is 5.41 Å². The van der Waals surface area contributed by atoms with Crippen LogP contribution in [0.25, 0.3) is 11.0 Å². The molecule has 1 N–H and O–H groups in total. The summed E-state index contributed by atoms with van der Waals surface area (Å²) in [5, 5.41) is 10.3. The lowest BCUT2D eigenvalue weighted by atomic mass is 10.0. The van der Waals surface area contributed by atoms with Crippen molar-refractivity contribution < 1.29 is 0 Å². The Kier molecular flexibility index (Phi) is 11.3. The van der Waals surface area contributed by atoms with Crippen LogP contribution in [0.4, 0.5) is 0 Å². The van der Waals surface area contributed by atoms with Crippen LogP contribution in [0.1, 0.15) is 55.4 Å². The zero-order valence-corrected chi connectivity index (χ0v) is 13.2. The molecule has 1 aromatic carbocycles. The summed E-state index contributed by atoms with van der Waals surface area (Å²) >= 11 is 0. The van der Waals surface area contributed by atoms with Crippen molar-refractivity contribution in [1.29, 1.82) is 0 Å². The van der Waals surface area contributed by atoms with Crippen molar-refractivity contribution in [3.05, 3.63) is 24.3 Å². The highest BCUT2D eigenvalue weighted by Crippen LogP contribution is 2.08. The number of nitrogens with zero attached hydrogens (tertiary/aromatic N) is 2. The lowest BCUT2D eigenvalue weighted by Gasteiger charge is -2.05. The molecule has 18 heavy (non-hydrogen) atoms. The van der Waals surface area contributed by atoms with Gasteiger partial charge in [-0.2, -0.15) is 15.4 Å². The first-order valence-electron chi connectivity index (χ1n) is 6.72. The first-order valence-corrected chi connectivity index (χ1v) is 6.72. The molecule has 0 spiro atoms. The number of aromatic nitrogens is 3. The molecule has 0 atom stereocenters. The molecule has 1 aromatic heterocycles. The highest BCUT2D eigenvalue weighted by Gasteiger charge is 1.95. The molecule has 0 aliphatic rings. The van der Waals surface area contributed by atoms with Crippen molar-refractivity contribution in [2.24, 2.45) is 5.41 Å². The van der Waals surface area contributed by atoms with Crippen LogP contribution < -0.4 is 0 Å². The largest absolute Gasteiger partial charge is 0.197 e. The van der Waals surface area contributed by atoms with E-state index in [1.807, 2.05) is 52.0 Å². The summed E-state index contributed by atoms with van der Waals surface area (Å²) in [7, 11) is 0. The molecular formula is C15H29N3. The summed E-state index contributed by atoms with van der Waals surface area (Å²) in [6.07, 6.45) is 0. The second kappa shape index (κ2) is 10.8. The molecule has 2 aromatic rings. The van der Waals surface area contributed by atoms with Crippen molar-refractivity contribution in [2.75, 3.05) is 0 Å². The summed E-state index contributed by atoms with van der Waals surface area (Å²) < 4.78 is 0. The Balaban J connectivity index is 0. The molecule has 0 unspecified atom stereocenters. The average molecular weight is 251 g/mol. The predicted molar refractivity (Wildman–Crippen MR) is 81.7 cm³/mol. The summed E-state index contributed by atoms with van der Waals surface area (Å²) in [4.78, 5) is 0. The van der Waals surface area contributed by atoms with E-state index in [2.05, 4.69) is 43.1 Å². The summed E-state index contributed by atoms with van der Waals surface area (Å²) in [6, 6.07) is 7.70. The topological polar surface area (TPSA) is 41.6 Å². The fraction of sp³-hybridized carbons (Fsp3) is 0.600. The third kappa shape index (κ3) is 11.1. The van der Waals surface area contributed by atoms with Gasteiger partial charge in [0.05, 0.1) is 0 Å². The highest BCUT2D eigenvalue weighted by atomic mass is 15.3. The van der Waals surface area contributed by atoms with E-state index < -0.39 is 0 Å². The lowest BCUT2D eigenvalue weighted by molar-refractivity contribution is 0.469. The number of hydrogen-bond donors (Lipinski definition) is 1. The molecular weight excluding hydrogens is 222 g/mol. The molecule has 0 aliphatic carbocycles. The number of hydrogen-bond acceptors (Lipinski definition) is 2. The Morgan fingerprint density at radius 3 is 1.33 bits per heavy atom. The van der Waals surface area contributed by atoms with Gasteiger partial charge >= 0.3 is 0 Å². The van der Waals surface area contributed by atoms with Crippen LogP contribution in [0, 0.1) is 5.41 Å². The van der Waals surface area contributed by atoms with Crippen molar-refractivity contribution in [1.82, 2.24) is 15.4 Å². The Hall–Kier alpha value is -1.38. The van der Waals surface area contributed by atoms with Gasteiger partial charge in [0.1, 0.15) is 11.0 Å². The van der Waals surface area contributed by atoms with E-state index in [1.54, 1.807) is 0 Å². The van der Waals surface area contributed by atoms with Gasteiger partial charge in [-0.1, -0.05) is 67.5 Å². The molecule has 3 heteroatoms. The first-order chi connectivity index (χ1) is 8.47. The molecule has 0 aliphatic heterocycles. The van der Waals surface area contributed by atoms with E-state index >= 15 is 0 Å². The fourth-order valence-electron chi connectivity index (χ4n) is 0.786. The summed E-state index contributed by atoms with van der Waals surface area (Å²) in [5.74, 6) is 0. The molecule has 3 nitrogen and oxygen atoms in total. The van der Waals surface area contributed by atoms with Gasteiger partial charge in [-0.05, 0) is 17.5 Å². The van der Waals surface area contributed by atoms with Gasteiger partial charge in [0.2, 0.25) is 0 Å². The number of H-pyrrole nitrogens is 1. The van der Waals surface area contributed by atoms with Gasteiger partial charge in [0.15, 0.2) is 0 Å². The zero-order valence-electron chi connectivity index (χ0n) is 13.2. The maximum Gasteiger partial charge on any atom is 0.112 e. The number of benzene rings is 1. The molecule has 104 valence electrons. The highest BCUT2D eigenvalue weighted by molar-refractivity contribution is 5.72. The molecule has 0 fully saturated rings. The smallest absolute Gasteiger partial charge is 0.112 e. The SMILES string of the molecule is CC.CC.CC(C)(C)C.c1ccc2n[nH]nc2c1. The predicted octanol–water partition coefficient (Wildman–Crippen LogP) is 5.06. The van der Waals surface area contributed by atoms with Crippen molar-refractivity contribution in [2.45, 2.75) is 55.4 Å². The minimum Gasteiger partial charge on any atom is -0.197 e. The second-order valence-corrected chi connectivity index (χ2v) is 4.81. The quantitative estimate of drug-likeness (QED) is 0.710. The summed E-state index contributed by atoms with van der Waals surface area (Å²) in [5.41, 5.74) is 2.33. The maximum atomic E-state index is 3.88. The minimum absolute atomic E-state index is 0.500. The third-order valence-electron chi connectivity index (χ3n) is 1.22. The van der Waals surface area contributed by atoms with E-state index in [9.17, 15) is 0 Å². The average Bonchev–Trinajstić information content (AvgIpc) is 2.80. The molecule has 2 rings (SSSR count). The molecule has 0 radical (unpaired) electrons. The van der Waals surface area contributed by atoms with Crippen LogP contribution in [0.2, 0.25) is 0 Å². The van der Waals surface area contributed by atoms with E-state index in [4.69, 9.17) is 0 Å². The van der Waals surface area contributed by atoms with Crippen LogP contribution in [0.3, 0.4) is 0 Å². The van der Waals surface area contributed by atoms with Gasteiger partial charge < -0.3 is 0 Å². The van der Waals surface area contributed by atoms with Gasteiger partial charge in [0.25, 0.3) is 0 Å². The standard InChI is InChI=1S/C6H5N3.C5H12.2C2H6/c1-2-4-6-5(3-1)7-9-8-6;1-5(2,3)4;2*1-2/h1-4H,(H,7,8,9);1-4H3;2*1-2H3. The Morgan fingerprint density at radius 2 is 1.06 bits per heavy atom. The zero-order chi connectivity index (χ0) is 14.6. The van der Waals surface area contributed by atoms with Gasteiger partial charge in [-0.3, -0.25) is 0 Å². The molecule has 1 heterocycles. The van der Waals surface area contributed by atoms with Crippen LogP contribution in [-0.2, 0) is 0 Å². The second-order valence-electron chi connectivity index (χ2n) is 4.81. The Labute approximate surface area is 112 Å².